The van der Waals surface area contributed by atoms with Crippen molar-refractivity contribution < 1.29 is 0 Å². The number of nitrogens with zero attached hydrogens (tertiary/aromatic N) is 3. The molecule has 0 saturated carbocycles. The van der Waals surface area contributed by atoms with Crippen LogP contribution in [0, 0.1) is 0 Å². The van der Waals surface area contributed by atoms with E-state index in [-0.39, 0.29) is 5.56 Å². The Balaban J connectivity index is 1.83. The van der Waals surface area contributed by atoms with E-state index in [1.807, 2.05) is 6.07 Å². The van der Waals surface area contributed by atoms with Gasteiger partial charge in [-0.2, -0.15) is 0 Å². The van der Waals surface area contributed by atoms with Gasteiger partial charge in [0.05, 0.1) is 5.69 Å². The predicted molar refractivity (Wildman–Crippen MR) is 92.7 cm³/mol. The Morgan fingerprint density at radius 1 is 1.22 bits per heavy atom. The lowest BCUT2D eigenvalue weighted by atomic mass is 10.1. The van der Waals surface area contributed by atoms with Crippen molar-refractivity contribution in [1.29, 1.82) is 0 Å². The Bertz CT molecular complexity index is 707. The Morgan fingerprint density at radius 3 is 2.65 bits per heavy atom. The van der Waals surface area contributed by atoms with Gasteiger partial charge in [0.15, 0.2) is 0 Å². The molecule has 2 aromatic rings. The average Bonchev–Trinajstić information content (AvgIpc) is 2.57. The Hall–Kier alpha value is -2.14. The predicted octanol–water partition coefficient (Wildman–Crippen LogP) is 2.17. The first kappa shape index (κ1) is 15.7. The average molecular weight is 312 g/mol. The molecule has 0 aliphatic carbocycles. The fraction of sp³-hybridized carbons (Fsp3) is 0.444. The highest BCUT2D eigenvalue weighted by Gasteiger charge is 2.22. The summed E-state index contributed by atoms with van der Waals surface area (Å²) in [4.78, 5) is 24.5. The molecule has 0 spiro atoms. The van der Waals surface area contributed by atoms with Gasteiger partial charge in [-0.15, -0.1) is 0 Å². The van der Waals surface area contributed by atoms with Crippen LogP contribution < -0.4 is 10.5 Å². The number of benzene rings is 1. The van der Waals surface area contributed by atoms with Gasteiger partial charge in [-0.25, -0.2) is 4.98 Å². The van der Waals surface area contributed by atoms with E-state index in [4.69, 9.17) is 4.98 Å². The van der Waals surface area contributed by atoms with Crippen LogP contribution in [0.3, 0.4) is 0 Å². The number of hydrogen-bond donors (Lipinski definition) is 1. The second-order valence-corrected chi connectivity index (χ2v) is 5.93. The summed E-state index contributed by atoms with van der Waals surface area (Å²) >= 11 is 0. The van der Waals surface area contributed by atoms with Gasteiger partial charge in [0, 0.05) is 38.3 Å². The smallest absolute Gasteiger partial charge is 0.255 e. The molecular weight excluding hydrogens is 288 g/mol. The summed E-state index contributed by atoms with van der Waals surface area (Å²) in [5.41, 5.74) is 3.10. The Labute approximate surface area is 137 Å². The van der Waals surface area contributed by atoms with Crippen molar-refractivity contribution in [3.8, 4) is 0 Å². The fourth-order valence-electron chi connectivity index (χ4n) is 3.13. The van der Waals surface area contributed by atoms with Crippen LogP contribution in [0.5, 0.6) is 0 Å². The van der Waals surface area contributed by atoms with E-state index in [0.29, 0.717) is 5.95 Å². The summed E-state index contributed by atoms with van der Waals surface area (Å²) in [7, 11) is 0. The monoisotopic (exact) mass is 312 g/mol. The van der Waals surface area contributed by atoms with Crippen LogP contribution in [0.4, 0.5) is 5.95 Å². The summed E-state index contributed by atoms with van der Waals surface area (Å²) in [6, 6.07) is 10.4. The van der Waals surface area contributed by atoms with Crippen molar-refractivity contribution in [2.24, 2.45) is 0 Å². The molecule has 1 aromatic heterocycles. The van der Waals surface area contributed by atoms with Crippen molar-refractivity contribution >= 4 is 5.95 Å². The molecule has 0 radical (unpaired) electrons. The molecule has 23 heavy (non-hydrogen) atoms. The molecule has 1 aliphatic rings. The normalized spacial score (nSPS) is 14.5. The molecule has 1 aromatic carbocycles. The lowest BCUT2D eigenvalue weighted by Crippen LogP contribution is -2.36. The number of aromatic nitrogens is 2. The molecule has 122 valence electrons. The van der Waals surface area contributed by atoms with Crippen molar-refractivity contribution in [3.63, 3.8) is 0 Å². The molecule has 3 rings (SSSR count). The minimum Gasteiger partial charge on any atom is -0.343 e. The quantitative estimate of drug-likeness (QED) is 0.919. The van der Waals surface area contributed by atoms with Gasteiger partial charge in [0.1, 0.15) is 0 Å². The summed E-state index contributed by atoms with van der Waals surface area (Å²) in [5, 5.41) is 0. The minimum absolute atomic E-state index is 0.0243. The molecule has 0 amide bonds. The molecule has 0 bridgehead atoms. The number of rotatable bonds is 5. The first-order valence-electron chi connectivity index (χ1n) is 8.34. The number of H-pyrrole nitrogens is 1. The number of anilines is 1. The van der Waals surface area contributed by atoms with Crippen LogP contribution in [0.1, 0.15) is 30.7 Å². The SMILES string of the molecule is CCN(CC)c1nc2c(c(=O)[nH]1)CCN(Cc1ccccc1)C2. The van der Waals surface area contributed by atoms with E-state index < -0.39 is 0 Å². The number of hydrogen-bond acceptors (Lipinski definition) is 4. The summed E-state index contributed by atoms with van der Waals surface area (Å²) < 4.78 is 0. The third-order valence-corrected chi connectivity index (χ3v) is 4.45. The highest BCUT2D eigenvalue weighted by Crippen LogP contribution is 2.18. The molecule has 0 fully saturated rings. The van der Waals surface area contributed by atoms with Gasteiger partial charge in [-0.1, -0.05) is 30.3 Å². The maximum atomic E-state index is 12.3. The number of fused-ring (bicyclic) bond motifs is 1. The maximum absolute atomic E-state index is 12.3. The lowest BCUT2D eigenvalue weighted by Gasteiger charge is -2.29. The lowest BCUT2D eigenvalue weighted by molar-refractivity contribution is 0.240. The molecule has 5 nitrogen and oxygen atoms in total. The molecule has 0 saturated heterocycles. The van der Waals surface area contributed by atoms with E-state index in [1.165, 1.54) is 5.56 Å². The fourth-order valence-corrected chi connectivity index (χ4v) is 3.13. The van der Waals surface area contributed by atoms with Gasteiger partial charge in [0.2, 0.25) is 5.95 Å². The van der Waals surface area contributed by atoms with E-state index in [9.17, 15) is 4.79 Å². The molecule has 0 unspecified atom stereocenters. The van der Waals surface area contributed by atoms with Crippen LogP contribution in [-0.4, -0.2) is 34.5 Å². The molecule has 5 heteroatoms. The molecule has 1 N–H and O–H groups in total. The van der Waals surface area contributed by atoms with Crippen molar-refractivity contribution in [1.82, 2.24) is 14.9 Å². The molecule has 0 atom stereocenters. The Kier molecular flexibility index (Phi) is 4.76. The summed E-state index contributed by atoms with van der Waals surface area (Å²) in [6.45, 7) is 8.36. The minimum atomic E-state index is 0.0243. The summed E-state index contributed by atoms with van der Waals surface area (Å²) in [6.07, 6.45) is 0.767. The van der Waals surface area contributed by atoms with Gasteiger partial charge < -0.3 is 4.90 Å². The van der Waals surface area contributed by atoms with Crippen LogP contribution in [0.15, 0.2) is 35.1 Å². The largest absolute Gasteiger partial charge is 0.343 e. The van der Waals surface area contributed by atoms with E-state index >= 15 is 0 Å². The van der Waals surface area contributed by atoms with Crippen molar-refractivity contribution in [2.45, 2.75) is 33.4 Å². The van der Waals surface area contributed by atoms with Gasteiger partial charge >= 0.3 is 0 Å². The number of aromatic amines is 1. The summed E-state index contributed by atoms with van der Waals surface area (Å²) in [5.74, 6) is 0.695. The van der Waals surface area contributed by atoms with Crippen LogP contribution in [0.25, 0.3) is 0 Å². The first-order valence-corrected chi connectivity index (χ1v) is 8.34. The Morgan fingerprint density at radius 2 is 1.96 bits per heavy atom. The second-order valence-electron chi connectivity index (χ2n) is 5.93. The van der Waals surface area contributed by atoms with E-state index in [0.717, 1.165) is 50.4 Å². The topological polar surface area (TPSA) is 52.2 Å². The van der Waals surface area contributed by atoms with E-state index in [2.05, 4.69) is 52.9 Å². The zero-order valence-corrected chi connectivity index (χ0v) is 13.9. The van der Waals surface area contributed by atoms with Crippen molar-refractivity contribution in [2.75, 3.05) is 24.5 Å². The highest BCUT2D eigenvalue weighted by atomic mass is 16.1. The van der Waals surface area contributed by atoms with Crippen LogP contribution in [-0.2, 0) is 19.5 Å². The maximum Gasteiger partial charge on any atom is 0.255 e. The van der Waals surface area contributed by atoms with E-state index in [1.54, 1.807) is 0 Å². The molecule has 1 aliphatic heterocycles. The molecule has 2 heterocycles. The third-order valence-electron chi connectivity index (χ3n) is 4.45. The zero-order valence-electron chi connectivity index (χ0n) is 13.9. The zero-order chi connectivity index (χ0) is 16.2. The first-order chi connectivity index (χ1) is 11.2. The highest BCUT2D eigenvalue weighted by molar-refractivity contribution is 5.34. The van der Waals surface area contributed by atoms with Gasteiger partial charge in [-0.3, -0.25) is 14.7 Å². The third kappa shape index (κ3) is 3.45. The van der Waals surface area contributed by atoms with Gasteiger partial charge in [-0.05, 0) is 25.8 Å². The second kappa shape index (κ2) is 6.96. The van der Waals surface area contributed by atoms with Crippen LogP contribution >= 0.6 is 0 Å². The number of nitrogens with one attached hydrogen (secondary N) is 1. The molecular formula is C18H24N4O. The van der Waals surface area contributed by atoms with Crippen molar-refractivity contribution in [3.05, 3.63) is 57.5 Å². The standard InChI is InChI=1S/C18H24N4O/c1-3-22(4-2)18-19-16-13-21(11-10-15(16)17(23)20-18)12-14-8-6-5-7-9-14/h5-9H,3-4,10-13H2,1-2H3,(H,19,20,23). The van der Waals surface area contributed by atoms with Gasteiger partial charge in [0.25, 0.3) is 5.56 Å². The van der Waals surface area contributed by atoms with Crippen LogP contribution in [0.2, 0.25) is 0 Å².